The average Bonchev–Trinajstić information content (AvgIpc) is 2.56. The first-order valence-electron chi connectivity index (χ1n) is 9.84. The van der Waals surface area contributed by atoms with Crippen molar-refractivity contribution in [1.82, 2.24) is 0 Å². The number of carbonyl (C=O) groups is 5. The van der Waals surface area contributed by atoms with Gasteiger partial charge in [-0.15, -0.1) is 0 Å². The van der Waals surface area contributed by atoms with Crippen LogP contribution in [0.15, 0.2) is 0 Å². The maximum Gasteiger partial charge on any atom is 0.0414 e. The summed E-state index contributed by atoms with van der Waals surface area (Å²) in [5.41, 5.74) is 0. The molecule has 0 aliphatic carbocycles. The maximum absolute atomic E-state index is 9.49. The van der Waals surface area contributed by atoms with Crippen LogP contribution in [0.4, 0.5) is 0 Å². The normalized spacial score (nSPS) is 7.90. The van der Waals surface area contributed by atoms with Crippen LogP contribution in [0, 0.1) is 0 Å². The first kappa shape index (κ1) is 42.9. The van der Waals surface area contributed by atoms with Crippen molar-refractivity contribution in [1.29, 1.82) is 0 Å². The van der Waals surface area contributed by atoms with Crippen LogP contribution in [0.5, 0.6) is 0 Å². The largest absolute Gasteiger partial charge is 0.550 e. The van der Waals surface area contributed by atoms with E-state index in [0.717, 1.165) is 0 Å². The predicted molar refractivity (Wildman–Crippen MR) is 99.6 cm³/mol. The molecule has 0 N–H and O–H groups in total. The van der Waals surface area contributed by atoms with Crippen molar-refractivity contribution < 1.29 is 68.1 Å². The molecule has 0 atom stereocenters. The molecule has 0 spiro atoms. The van der Waals surface area contributed by atoms with E-state index in [1.54, 1.807) is 34.6 Å². The number of hydrogen-bond donors (Lipinski definition) is 0. The van der Waals surface area contributed by atoms with Crippen LogP contribution in [0.1, 0.15) is 98.8 Å². The second-order valence-corrected chi connectivity index (χ2v) is 5.61. The second kappa shape index (κ2) is 38.5. The van der Waals surface area contributed by atoms with E-state index in [1.165, 1.54) is 0 Å². The van der Waals surface area contributed by atoms with E-state index in [-0.39, 0.29) is 50.7 Å². The molecule has 31 heavy (non-hydrogen) atoms. The topological polar surface area (TPSA) is 201 Å². The Labute approximate surface area is 196 Å². The van der Waals surface area contributed by atoms with Gasteiger partial charge in [0.1, 0.15) is 0 Å². The minimum Gasteiger partial charge on any atom is -0.550 e. The summed E-state index contributed by atoms with van der Waals surface area (Å²) < 4.78 is 0. The Balaban J connectivity index is -0.0000000625. The van der Waals surface area contributed by atoms with Gasteiger partial charge in [-0.1, -0.05) is 66.7 Å². The van der Waals surface area contributed by atoms with Gasteiger partial charge in [0.15, 0.2) is 0 Å². The number of carbonyl (C=O) groups excluding carboxylic acids is 5. The van der Waals surface area contributed by atoms with Crippen molar-refractivity contribution in [3.63, 3.8) is 0 Å². The quantitative estimate of drug-likeness (QED) is 0.323. The summed E-state index contributed by atoms with van der Waals surface area (Å²) in [6.45, 7) is 9.01. The first-order valence-corrected chi connectivity index (χ1v) is 9.84. The molecule has 0 rings (SSSR count). The second-order valence-electron chi connectivity index (χ2n) is 5.61. The van der Waals surface area contributed by atoms with Gasteiger partial charge in [0, 0.05) is 48.4 Å². The molecule has 0 saturated carbocycles. The summed E-state index contributed by atoms with van der Waals surface area (Å²) in [5.74, 6) is -4.80. The Bertz CT molecular complexity index is 347. The van der Waals surface area contributed by atoms with Gasteiger partial charge in [-0.25, -0.2) is 0 Å². The summed E-state index contributed by atoms with van der Waals surface area (Å²) in [5, 5.41) is 47.4. The van der Waals surface area contributed by atoms with Gasteiger partial charge in [0.25, 0.3) is 0 Å². The molecular weight excluding hydrogens is 451 g/mol. The molecule has 0 fully saturated rings. The number of carboxylic acid groups (broad SMARTS) is 5. The molecule has 0 heterocycles. The van der Waals surface area contributed by atoms with E-state index in [9.17, 15) is 49.5 Å². The zero-order chi connectivity index (χ0) is 25.0. The summed E-state index contributed by atoms with van der Waals surface area (Å²) in [6, 6.07) is 0. The van der Waals surface area contributed by atoms with Crippen molar-refractivity contribution in [2.45, 2.75) is 98.8 Å². The fourth-order valence-corrected chi connectivity index (χ4v) is 1.02. The van der Waals surface area contributed by atoms with E-state index >= 15 is 0 Å². The molecule has 0 aromatic heterocycles. The first-order chi connectivity index (χ1) is 13.9. The number of carboxylic acids is 5. The van der Waals surface area contributed by atoms with Gasteiger partial charge in [-0.05, 0) is 32.1 Å². The Hall–Kier alpha value is -2.07. The van der Waals surface area contributed by atoms with E-state index in [1.807, 2.05) is 0 Å². The molecular formula is C20H35O10V-5. The van der Waals surface area contributed by atoms with Crippen LogP contribution < -0.4 is 25.5 Å². The van der Waals surface area contributed by atoms with Crippen molar-refractivity contribution in [2.75, 3.05) is 0 Å². The predicted octanol–water partition coefficient (Wildman–Crippen LogP) is -2.32. The molecule has 0 aromatic carbocycles. The van der Waals surface area contributed by atoms with Crippen molar-refractivity contribution in [2.24, 2.45) is 0 Å². The fraction of sp³-hybridized carbons (Fsp3) is 0.750. The minimum absolute atomic E-state index is 0. The van der Waals surface area contributed by atoms with E-state index in [4.69, 9.17) is 0 Å². The molecule has 11 heteroatoms. The molecule has 185 valence electrons. The smallest absolute Gasteiger partial charge is 0.0414 e. The van der Waals surface area contributed by atoms with Gasteiger partial charge >= 0.3 is 0 Å². The Kier molecular flexibility index (Phi) is 53.4. The summed E-state index contributed by atoms with van der Waals surface area (Å²) >= 11 is 0. The number of hydrogen-bond acceptors (Lipinski definition) is 10. The summed E-state index contributed by atoms with van der Waals surface area (Å²) in [4.78, 5) is 47.4. The zero-order valence-corrected chi connectivity index (χ0v) is 20.5. The zero-order valence-electron chi connectivity index (χ0n) is 19.1. The Morgan fingerprint density at radius 1 is 0.387 bits per heavy atom. The van der Waals surface area contributed by atoms with Crippen LogP contribution in [0.25, 0.3) is 0 Å². The molecule has 10 nitrogen and oxygen atoms in total. The molecule has 0 bridgehead atoms. The number of aliphatic carboxylic acids is 5. The summed E-state index contributed by atoms with van der Waals surface area (Å²) in [6.07, 6.45) is 4.25. The van der Waals surface area contributed by atoms with Gasteiger partial charge < -0.3 is 49.5 Å². The molecule has 0 aliphatic rings. The van der Waals surface area contributed by atoms with Gasteiger partial charge in [-0.2, -0.15) is 0 Å². The van der Waals surface area contributed by atoms with Crippen LogP contribution in [0.2, 0.25) is 0 Å². The molecule has 0 amide bonds. The van der Waals surface area contributed by atoms with Crippen LogP contribution in [0.3, 0.4) is 0 Å². The fourth-order valence-electron chi connectivity index (χ4n) is 1.02. The van der Waals surface area contributed by atoms with Gasteiger partial charge in [0.2, 0.25) is 0 Å². The van der Waals surface area contributed by atoms with Crippen molar-refractivity contribution in [3.05, 3.63) is 0 Å². The number of rotatable bonds is 10. The van der Waals surface area contributed by atoms with E-state index in [0.29, 0.717) is 32.1 Å². The standard InChI is InChI=1S/5C4H8O2.V/c5*1-2-3-4(5)6;/h5*2-3H2,1H3,(H,5,6);/p-5. The van der Waals surface area contributed by atoms with Crippen LogP contribution in [-0.2, 0) is 42.5 Å². The van der Waals surface area contributed by atoms with E-state index < -0.39 is 29.8 Å². The Morgan fingerprint density at radius 3 is 0.484 bits per heavy atom. The molecule has 1 radical (unpaired) electrons. The van der Waals surface area contributed by atoms with Crippen molar-refractivity contribution >= 4 is 29.8 Å². The third-order valence-electron chi connectivity index (χ3n) is 2.27. The van der Waals surface area contributed by atoms with Gasteiger partial charge in [0.05, 0.1) is 0 Å². The average molecular weight is 486 g/mol. The molecule has 0 aliphatic heterocycles. The van der Waals surface area contributed by atoms with Crippen LogP contribution in [-0.4, -0.2) is 29.8 Å². The molecule has 0 saturated heterocycles. The maximum atomic E-state index is 9.49. The summed E-state index contributed by atoms with van der Waals surface area (Å²) in [7, 11) is 0. The third-order valence-corrected chi connectivity index (χ3v) is 2.27. The van der Waals surface area contributed by atoms with Crippen LogP contribution >= 0.6 is 0 Å². The molecule has 0 aromatic rings. The molecule has 0 unspecified atom stereocenters. The SMILES string of the molecule is CCCC(=O)[O-].CCCC(=O)[O-].CCCC(=O)[O-].CCCC(=O)[O-].CCCC(=O)[O-].[V]. The van der Waals surface area contributed by atoms with E-state index in [2.05, 4.69) is 0 Å². The monoisotopic (exact) mass is 486 g/mol. The minimum atomic E-state index is -0.961. The van der Waals surface area contributed by atoms with Gasteiger partial charge in [-0.3, -0.25) is 0 Å². The van der Waals surface area contributed by atoms with Crippen molar-refractivity contribution in [3.8, 4) is 0 Å². The third kappa shape index (κ3) is 112. The Morgan fingerprint density at radius 2 is 0.484 bits per heavy atom.